The summed E-state index contributed by atoms with van der Waals surface area (Å²) in [4.78, 5) is 2.46. The Hall–Kier alpha value is -0.570. The molecule has 2 rings (SSSR count). The molecule has 0 heterocycles. The number of hydrogen-bond donors (Lipinski definition) is 1. The van der Waals surface area contributed by atoms with Crippen LogP contribution in [0.1, 0.15) is 44.6 Å². The van der Waals surface area contributed by atoms with Crippen LogP contribution in [-0.4, -0.2) is 24.0 Å². The number of nitrogens with zero attached hydrogens (tertiary/aromatic N) is 1. The summed E-state index contributed by atoms with van der Waals surface area (Å²) >= 11 is 6.08. The van der Waals surface area contributed by atoms with Crippen molar-refractivity contribution in [1.29, 1.82) is 0 Å². The summed E-state index contributed by atoms with van der Waals surface area (Å²) in [6.07, 6.45) is 6.34. The summed E-state index contributed by atoms with van der Waals surface area (Å²) in [6, 6.07) is 8.15. The molecular formula is C17H27ClN2. The second-order valence-electron chi connectivity index (χ2n) is 6.45. The van der Waals surface area contributed by atoms with Crippen molar-refractivity contribution in [3.8, 4) is 0 Å². The number of likely N-dealkylation sites (N-methyl/N-ethyl adjacent to an activating group) is 1. The van der Waals surface area contributed by atoms with Crippen molar-refractivity contribution in [2.45, 2.75) is 51.1 Å². The molecule has 3 heteroatoms. The zero-order valence-electron chi connectivity index (χ0n) is 12.7. The van der Waals surface area contributed by atoms with E-state index in [2.05, 4.69) is 31.0 Å². The summed E-state index contributed by atoms with van der Waals surface area (Å²) in [7, 11) is 2.21. The number of nitrogens with two attached hydrogens (primary N) is 1. The van der Waals surface area contributed by atoms with Crippen molar-refractivity contribution < 1.29 is 0 Å². The van der Waals surface area contributed by atoms with Crippen LogP contribution in [0.15, 0.2) is 24.3 Å². The maximum atomic E-state index is 6.17. The van der Waals surface area contributed by atoms with Gasteiger partial charge in [-0.3, -0.25) is 4.90 Å². The van der Waals surface area contributed by atoms with Gasteiger partial charge in [-0.15, -0.1) is 0 Å². The number of halogens is 1. The van der Waals surface area contributed by atoms with Gasteiger partial charge in [0.1, 0.15) is 0 Å². The number of hydrogen-bond acceptors (Lipinski definition) is 2. The Morgan fingerprint density at radius 2 is 2.15 bits per heavy atom. The average molecular weight is 295 g/mol. The van der Waals surface area contributed by atoms with Gasteiger partial charge in [0.05, 0.1) is 0 Å². The van der Waals surface area contributed by atoms with Gasteiger partial charge in [0, 0.05) is 23.7 Å². The largest absolute Gasteiger partial charge is 0.329 e. The second kappa shape index (κ2) is 6.93. The van der Waals surface area contributed by atoms with Crippen molar-refractivity contribution in [2.75, 3.05) is 13.6 Å². The normalized spacial score (nSPS) is 27.6. The van der Waals surface area contributed by atoms with Gasteiger partial charge in [0.25, 0.3) is 0 Å². The van der Waals surface area contributed by atoms with E-state index in [4.69, 9.17) is 17.3 Å². The summed E-state index contributed by atoms with van der Waals surface area (Å²) in [5, 5.41) is 0.812. The molecule has 2 nitrogen and oxygen atoms in total. The molecule has 1 aromatic rings. The molecule has 1 aliphatic rings. The Labute approximate surface area is 128 Å². The SMILES string of the molecule is CC1CCCC(CN)(N(C)Cc2cccc(Cl)c2)CC1. The Morgan fingerprint density at radius 1 is 1.35 bits per heavy atom. The molecule has 2 N–H and O–H groups in total. The van der Waals surface area contributed by atoms with Crippen LogP contribution >= 0.6 is 11.6 Å². The minimum atomic E-state index is 0.160. The van der Waals surface area contributed by atoms with E-state index in [0.29, 0.717) is 0 Å². The average Bonchev–Trinajstić information content (AvgIpc) is 2.61. The van der Waals surface area contributed by atoms with Crippen LogP contribution in [0.4, 0.5) is 0 Å². The Kier molecular flexibility index (Phi) is 5.48. The van der Waals surface area contributed by atoms with Crippen molar-refractivity contribution in [2.24, 2.45) is 11.7 Å². The minimum absolute atomic E-state index is 0.160. The highest BCUT2D eigenvalue weighted by atomic mass is 35.5. The molecule has 112 valence electrons. The lowest BCUT2D eigenvalue weighted by molar-refractivity contribution is 0.0987. The van der Waals surface area contributed by atoms with E-state index in [9.17, 15) is 0 Å². The van der Waals surface area contributed by atoms with Gasteiger partial charge in [-0.05, 0) is 49.9 Å². The molecule has 2 atom stereocenters. The van der Waals surface area contributed by atoms with Gasteiger partial charge in [-0.25, -0.2) is 0 Å². The van der Waals surface area contributed by atoms with E-state index in [1.165, 1.54) is 37.7 Å². The van der Waals surface area contributed by atoms with Gasteiger partial charge in [0.15, 0.2) is 0 Å². The lowest BCUT2D eigenvalue weighted by atomic mass is 9.87. The third kappa shape index (κ3) is 3.75. The lowest BCUT2D eigenvalue weighted by Gasteiger charge is -2.41. The molecule has 20 heavy (non-hydrogen) atoms. The third-order valence-electron chi connectivity index (χ3n) is 4.94. The summed E-state index contributed by atoms with van der Waals surface area (Å²) in [5.74, 6) is 0.836. The molecule has 0 spiro atoms. The fraction of sp³-hybridized carbons (Fsp3) is 0.647. The first-order valence-corrected chi connectivity index (χ1v) is 8.09. The first kappa shape index (κ1) is 15.8. The van der Waals surface area contributed by atoms with Gasteiger partial charge in [0.2, 0.25) is 0 Å². The van der Waals surface area contributed by atoms with E-state index < -0.39 is 0 Å². The second-order valence-corrected chi connectivity index (χ2v) is 6.89. The molecule has 1 saturated carbocycles. The minimum Gasteiger partial charge on any atom is -0.329 e. The molecule has 2 unspecified atom stereocenters. The van der Waals surface area contributed by atoms with E-state index >= 15 is 0 Å². The molecule has 0 aliphatic heterocycles. The highest BCUT2D eigenvalue weighted by molar-refractivity contribution is 6.30. The number of benzene rings is 1. The predicted molar refractivity (Wildman–Crippen MR) is 87.0 cm³/mol. The quantitative estimate of drug-likeness (QED) is 0.848. The van der Waals surface area contributed by atoms with Crippen LogP contribution in [0, 0.1) is 5.92 Å². The maximum absolute atomic E-state index is 6.17. The van der Waals surface area contributed by atoms with E-state index in [0.717, 1.165) is 24.0 Å². The van der Waals surface area contributed by atoms with Crippen molar-refractivity contribution in [3.63, 3.8) is 0 Å². The number of rotatable bonds is 4. The van der Waals surface area contributed by atoms with Gasteiger partial charge < -0.3 is 5.73 Å². The van der Waals surface area contributed by atoms with Crippen LogP contribution in [0.3, 0.4) is 0 Å². The van der Waals surface area contributed by atoms with Crippen molar-refractivity contribution in [1.82, 2.24) is 4.90 Å². The third-order valence-corrected chi connectivity index (χ3v) is 5.18. The smallest absolute Gasteiger partial charge is 0.0409 e. The van der Waals surface area contributed by atoms with Crippen LogP contribution < -0.4 is 5.73 Å². The first-order valence-electron chi connectivity index (χ1n) is 7.71. The summed E-state index contributed by atoms with van der Waals surface area (Å²) in [6.45, 7) is 4.03. The fourth-order valence-corrected chi connectivity index (χ4v) is 3.60. The molecule has 0 bridgehead atoms. The molecular weight excluding hydrogens is 268 g/mol. The topological polar surface area (TPSA) is 29.3 Å². The van der Waals surface area contributed by atoms with E-state index in [1.54, 1.807) is 0 Å². The molecule has 1 aromatic carbocycles. The zero-order chi connectivity index (χ0) is 14.6. The highest BCUT2D eigenvalue weighted by Crippen LogP contribution is 2.34. The van der Waals surface area contributed by atoms with Crippen LogP contribution in [-0.2, 0) is 6.54 Å². The molecule has 0 saturated heterocycles. The standard InChI is InChI=1S/C17H27ClN2/c1-14-5-4-9-17(13-19,10-8-14)20(2)12-15-6-3-7-16(18)11-15/h3,6-7,11,14H,4-5,8-10,12-13,19H2,1-2H3. The van der Waals surface area contributed by atoms with Crippen molar-refractivity contribution in [3.05, 3.63) is 34.9 Å². The van der Waals surface area contributed by atoms with Crippen LogP contribution in [0.5, 0.6) is 0 Å². The van der Waals surface area contributed by atoms with Gasteiger partial charge >= 0.3 is 0 Å². The molecule has 1 fully saturated rings. The van der Waals surface area contributed by atoms with Gasteiger partial charge in [-0.2, -0.15) is 0 Å². The highest BCUT2D eigenvalue weighted by Gasteiger charge is 2.34. The van der Waals surface area contributed by atoms with Crippen molar-refractivity contribution >= 4 is 11.6 Å². The van der Waals surface area contributed by atoms with Crippen LogP contribution in [0.25, 0.3) is 0 Å². The predicted octanol–water partition coefficient (Wildman–Crippen LogP) is 4.07. The fourth-order valence-electron chi connectivity index (χ4n) is 3.38. The maximum Gasteiger partial charge on any atom is 0.0409 e. The Morgan fingerprint density at radius 3 is 2.85 bits per heavy atom. The molecule has 0 radical (unpaired) electrons. The molecule has 0 amide bonds. The Balaban J connectivity index is 2.09. The zero-order valence-corrected chi connectivity index (χ0v) is 13.5. The molecule has 1 aliphatic carbocycles. The van der Waals surface area contributed by atoms with E-state index in [1.807, 2.05) is 12.1 Å². The summed E-state index contributed by atoms with van der Waals surface area (Å²) < 4.78 is 0. The Bertz CT molecular complexity index is 435. The lowest BCUT2D eigenvalue weighted by Crippen LogP contribution is -2.51. The van der Waals surface area contributed by atoms with E-state index in [-0.39, 0.29) is 5.54 Å². The molecule has 0 aromatic heterocycles. The monoisotopic (exact) mass is 294 g/mol. The first-order chi connectivity index (χ1) is 9.55. The van der Waals surface area contributed by atoms with Crippen LogP contribution in [0.2, 0.25) is 5.02 Å². The van der Waals surface area contributed by atoms with Gasteiger partial charge in [-0.1, -0.05) is 43.5 Å². The summed E-state index contributed by atoms with van der Waals surface area (Å²) in [5.41, 5.74) is 7.60.